The molecule has 24 heavy (non-hydrogen) atoms. The van der Waals surface area contributed by atoms with Crippen molar-refractivity contribution in [2.75, 3.05) is 6.54 Å². The summed E-state index contributed by atoms with van der Waals surface area (Å²) in [6.07, 6.45) is 0.114. The second-order valence-corrected chi connectivity index (χ2v) is 6.71. The van der Waals surface area contributed by atoms with Crippen molar-refractivity contribution in [2.45, 2.75) is 31.9 Å². The van der Waals surface area contributed by atoms with Crippen molar-refractivity contribution in [1.82, 2.24) is 10.6 Å². The van der Waals surface area contributed by atoms with E-state index in [1.165, 1.54) is 18.3 Å². The van der Waals surface area contributed by atoms with Crippen molar-refractivity contribution in [3.8, 4) is 0 Å². The van der Waals surface area contributed by atoms with Crippen molar-refractivity contribution < 1.29 is 14.7 Å². The summed E-state index contributed by atoms with van der Waals surface area (Å²) < 4.78 is 0. The minimum absolute atomic E-state index is 0.114. The highest BCUT2D eigenvalue weighted by molar-refractivity contribution is 7.08. The van der Waals surface area contributed by atoms with Crippen LogP contribution in [0.15, 0.2) is 47.2 Å². The summed E-state index contributed by atoms with van der Waals surface area (Å²) in [6.45, 7) is 3.21. The van der Waals surface area contributed by atoms with Crippen LogP contribution >= 0.6 is 11.3 Å². The second kappa shape index (κ2) is 8.08. The molecule has 0 aliphatic rings. The molecule has 128 valence electrons. The van der Waals surface area contributed by atoms with E-state index in [0.717, 1.165) is 11.1 Å². The van der Waals surface area contributed by atoms with Gasteiger partial charge in [0.05, 0.1) is 19.0 Å². The van der Waals surface area contributed by atoms with Crippen LogP contribution in [0.25, 0.3) is 0 Å². The Kier molecular flexibility index (Phi) is 6.11. The van der Waals surface area contributed by atoms with E-state index in [9.17, 15) is 14.7 Å². The van der Waals surface area contributed by atoms with Gasteiger partial charge in [-0.1, -0.05) is 30.3 Å². The van der Waals surface area contributed by atoms with Gasteiger partial charge >= 0.3 is 0 Å². The van der Waals surface area contributed by atoms with Crippen molar-refractivity contribution in [2.24, 2.45) is 0 Å². The lowest BCUT2D eigenvalue weighted by molar-refractivity contribution is -0.123. The van der Waals surface area contributed by atoms with Crippen LogP contribution in [0.4, 0.5) is 0 Å². The summed E-state index contributed by atoms with van der Waals surface area (Å²) in [5, 5.41) is 19.7. The number of amides is 2. The van der Waals surface area contributed by atoms with E-state index >= 15 is 0 Å². The smallest absolute Gasteiger partial charge is 0.222 e. The lowest BCUT2D eigenvalue weighted by Crippen LogP contribution is -2.40. The predicted octanol–water partition coefficient (Wildman–Crippen LogP) is 2.34. The number of hydrogen-bond donors (Lipinski definition) is 3. The van der Waals surface area contributed by atoms with Crippen LogP contribution < -0.4 is 10.6 Å². The van der Waals surface area contributed by atoms with Crippen LogP contribution in [-0.2, 0) is 15.2 Å². The third-order valence-corrected chi connectivity index (χ3v) is 4.43. The van der Waals surface area contributed by atoms with Crippen LogP contribution in [0.2, 0.25) is 0 Å². The quantitative estimate of drug-likeness (QED) is 0.720. The summed E-state index contributed by atoms with van der Waals surface area (Å²) in [6, 6.07) is 10.8. The van der Waals surface area contributed by atoms with Gasteiger partial charge in [-0.3, -0.25) is 9.59 Å². The summed E-state index contributed by atoms with van der Waals surface area (Å²) in [5.74, 6) is -0.421. The Morgan fingerprint density at radius 1 is 1.25 bits per heavy atom. The van der Waals surface area contributed by atoms with E-state index in [-0.39, 0.29) is 24.8 Å². The van der Waals surface area contributed by atoms with Gasteiger partial charge in [0.25, 0.3) is 0 Å². The lowest BCUT2D eigenvalue weighted by atomic mass is 9.99. The molecule has 0 radical (unpaired) electrons. The van der Waals surface area contributed by atoms with Gasteiger partial charge in [-0.05, 0) is 34.9 Å². The molecule has 0 saturated carbocycles. The van der Waals surface area contributed by atoms with Crippen molar-refractivity contribution in [3.05, 3.63) is 58.3 Å². The fraction of sp³-hybridized carbons (Fsp3) is 0.333. The number of nitrogens with one attached hydrogen (secondary N) is 2. The molecule has 1 aromatic heterocycles. The number of aliphatic hydroxyl groups is 1. The van der Waals surface area contributed by atoms with Gasteiger partial charge in [-0.15, -0.1) is 0 Å². The van der Waals surface area contributed by atoms with Gasteiger partial charge in [-0.25, -0.2) is 0 Å². The average molecular weight is 346 g/mol. The molecule has 2 unspecified atom stereocenters. The molecular weight excluding hydrogens is 324 g/mol. The first-order valence-corrected chi connectivity index (χ1v) is 8.66. The van der Waals surface area contributed by atoms with E-state index in [2.05, 4.69) is 10.6 Å². The standard InChI is InChI=1S/C18H22N2O3S/c1-13(21)20-16(14-6-4-3-5-7-14)10-17(22)19-12-18(2,23)15-8-9-24-11-15/h3-9,11,16,23H,10,12H2,1-2H3,(H,19,22)(H,20,21). The molecule has 0 spiro atoms. The Labute approximate surface area is 145 Å². The van der Waals surface area contributed by atoms with Crippen LogP contribution in [0, 0.1) is 0 Å². The highest BCUT2D eigenvalue weighted by Gasteiger charge is 2.25. The highest BCUT2D eigenvalue weighted by Crippen LogP contribution is 2.22. The Balaban J connectivity index is 1.97. The van der Waals surface area contributed by atoms with E-state index in [1.54, 1.807) is 6.92 Å². The van der Waals surface area contributed by atoms with Gasteiger partial charge in [0.15, 0.2) is 0 Å². The molecule has 1 aromatic carbocycles. The maximum absolute atomic E-state index is 12.3. The molecule has 0 aliphatic carbocycles. The third-order valence-electron chi connectivity index (χ3n) is 3.74. The van der Waals surface area contributed by atoms with Crippen LogP contribution in [0.3, 0.4) is 0 Å². The minimum Gasteiger partial charge on any atom is -0.384 e. The van der Waals surface area contributed by atoms with Crippen molar-refractivity contribution in [3.63, 3.8) is 0 Å². The Hall–Kier alpha value is -2.18. The van der Waals surface area contributed by atoms with E-state index < -0.39 is 11.6 Å². The second-order valence-electron chi connectivity index (χ2n) is 5.93. The Bertz CT molecular complexity index is 669. The monoisotopic (exact) mass is 346 g/mol. The molecule has 0 bridgehead atoms. The Morgan fingerprint density at radius 2 is 1.96 bits per heavy atom. The van der Waals surface area contributed by atoms with Crippen LogP contribution in [0.1, 0.15) is 37.4 Å². The van der Waals surface area contributed by atoms with Crippen LogP contribution in [0.5, 0.6) is 0 Å². The van der Waals surface area contributed by atoms with E-state index in [4.69, 9.17) is 0 Å². The Morgan fingerprint density at radius 3 is 2.54 bits per heavy atom. The first-order chi connectivity index (χ1) is 11.4. The topological polar surface area (TPSA) is 78.4 Å². The number of carbonyl (C=O) groups excluding carboxylic acids is 2. The fourth-order valence-corrected chi connectivity index (χ4v) is 3.17. The molecule has 2 rings (SSSR count). The predicted molar refractivity (Wildman–Crippen MR) is 94.5 cm³/mol. The molecule has 3 N–H and O–H groups in total. The molecule has 0 aliphatic heterocycles. The summed E-state index contributed by atoms with van der Waals surface area (Å²) in [5.41, 5.74) is 0.521. The number of rotatable bonds is 7. The maximum Gasteiger partial charge on any atom is 0.222 e. The van der Waals surface area contributed by atoms with E-state index in [1.807, 2.05) is 47.2 Å². The lowest BCUT2D eigenvalue weighted by Gasteiger charge is -2.24. The van der Waals surface area contributed by atoms with Crippen LogP contribution in [-0.4, -0.2) is 23.5 Å². The van der Waals surface area contributed by atoms with E-state index in [0.29, 0.717) is 0 Å². The number of thiophene rings is 1. The minimum atomic E-state index is -1.12. The fourth-order valence-electron chi connectivity index (χ4n) is 2.38. The first-order valence-electron chi connectivity index (χ1n) is 7.72. The zero-order valence-corrected chi connectivity index (χ0v) is 14.6. The molecule has 2 atom stereocenters. The molecule has 1 heterocycles. The summed E-state index contributed by atoms with van der Waals surface area (Å²) in [7, 11) is 0. The van der Waals surface area contributed by atoms with Gasteiger partial charge in [0, 0.05) is 6.92 Å². The SMILES string of the molecule is CC(=O)NC(CC(=O)NCC(C)(O)c1ccsc1)c1ccccc1. The number of carbonyl (C=O) groups is 2. The van der Waals surface area contributed by atoms with Gasteiger partial charge in [0.2, 0.25) is 11.8 Å². The van der Waals surface area contributed by atoms with Gasteiger partial charge in [0.1, 0.15) is 5.60 Å². The third kappa shape index (κ3) is 5.18. The average Bonchev–Trinajstić information content (AvgIpc) is 3.08. The molecule has 0 saturated heterocycles. The molecule has 2 amide bonds. The van der Waals surface area contributed by atoms with Gasteiger partial charge in [-0.2, -0.15) is 11.3 Å². The zero-order chi connectivity index (χ0) is 17.6. The normalized spacial score (nSPS) is 14.5. The highest BCUT2D eigenvalue weighted by atomic mass is 32.1. The number of hydrogen-bond acceptors (Lipinski definition) is 4. The largest absolute Gasteiger partial charge is 0.384 e. The molecule has 2 aromatic rings. The molecule has 5 nitrogen and oxygen atoms in total. The molecule has 6 heteroatoms. The van der Waals surface area contributed by atoms with Gasteiger partial charge < -0.3 is 15.7 Å². The number of benzene rings is 1. The molecule has 0 fully saturated rings. The summed E-state index contributed by atoms with van der Waals surface area (Å²) >= 11 is 1.50. The zero-order valence-electron chi connectivity index (χ0n) is 13.8. The first kappa shape index (κ1) is 18.2. The molecular formula is C18H22N2O3S. The van der Waals surface area contributed by atoms with Crippen molar-refractivity contribution >= 4 is 23.2 Å². The van der Waals surface area contributed by atoms with Crippen molar-refractivity contribution in [1.29, 1.82) is 0 Å². The maximum atomic E-state index is 12.3. The summed E-state index contributed by atoms with van der Waals surface area (Å²) in [4.78, 5) is 23.7.